The van der Waals surface area contributed by atoms with Gasteiger partial charge < -0.3 is 15.8 Å². The molecule has 3 aromatic rings. The summed E-state index contributed by atoms with van der Waals surface area (Å²) >= 11 is 9.52. The number of hydrogen-bond acceptors (Lipinski definition) is 4. The number of anilines is 2. The smallest absolute Gasteiger partial charge is 0.411 e. The average Bonchev–Trinajstić information content (AvgIpc) is 2.72. The summed E-state index contributed by atoms with van der Waals surface area (Å²) in [5.74, 6) is -0.376. The van der Waals surface area contributed by atoms with Crippen molar-refractivity contribution in [3.63, 3.8) is 0 Å². The molecule has 154 valence electrons. The van der Waals surface area contributed by atoms with Gasteiger partial charge in [-0.05, 0) is 47.5 Å². The first-order valence-corrected chi connectivity index (χ1v) is 10.2. The molecule has 0 saturated heterocycles. The van der Waals surface area contributed by atoms with E-state index in [1.807, 2.05) is 36.4 Å². The third kappa shape index (κ3) is 6.32. The maximum absolute atomic E-state index is 12.7. The van der Waals surface area contributed by atoms with Gasteiger partial charge in [-0.2, -0.15) is 0 Å². The van der Waals surface area contributed by atoms with E-state index in [1.54, 1.807) is 12.1 Å². The van der Waals surface area contributed by atoms with Crippen molar-refractivity contribution in [2.24, 2.45) is 5.73 Å². The minimum absolute atomic E-state index is 0.132. The van der Waals surface area contributed by atoms with Gasteiger partial charge in [0.05, 0.1) is 0 Å². The van der Waals surface area contributed by atoms with Crippen molar-refractivity contribution in [1.29, 1.82) is 0 Å². The molecule has 3 aromatic carbocycles. The Morgan fingerprint density at radius 1 is 0.933 bits per heavy atom. The van der Waals surface area contributed by atoms with Crippen LogP contribution in [0.15, 0.2) is 71.2 Å². The minimum atomic E-state index is -0.646. The van der Waals surface area contributed by atoms with E-state index in [0.717, 1.165) is 15.6 Å². The van der Waals surface area contributed by atoms with Crippen LogP contribution in [0.3, 0.4) is 0 Å². The lowest BCUT2D eigenvalue weighted by molar-refractivity contribution is 0.102. The fourth-order valence-corrected chi connectivity index (χ4v) is 3.49. The Balaban J connectivity index is 1.67. The summed E-state index contributed by atoms with van der Waals surface area (Å²) < 4.78 is 6.00. The molecular formula is C22H19BrClN3O3. The SMILES string of the molecule is NCc1cc(Br)cc(NC(=O)c2cc(Cl)cc(NC(=O)OCc3ccccc3)c2)c1. The van der Waals surface area contributed by atoms with Gasteiger partial charge in [0.25, 0.3) is 5.91 Å². The summed E-state index contributed by atoms with van der Waals surface area (Å²) in [5, 5.41) is 5.69. The number of hydrogen-bond donors (Lipinski definition) is 3. The lowest BCUT2D eigenvalue weighted by Crippen LogP contribution is -2.16. The molecule has 0 heterocycles. The maximum Gasteiger partial charge on any atom is 0.411 e. The highest BCUT2D eigenvalue weighted by molar-refractivity contribution is 9.10. The number of nitrogens with one attached hydrogen (secondary N) is 2. The van der Waals surface area contributed by atoms with Gasteiger partial charge in [0.1, 0.15) is 6.61 Å². The third-order valence-corrected chi connectivity index (χ3v) is 4.75. The van der Waals surface area contributed by atoms with Crippen molar-refractivity contribution in [2.45, 2.75) is 13.2 Å². The number of amides is 2. The van der Waals surface area contributed by atoms with Gasteiger partial charge in [0, 0.05) is 33.0 Å². The maximum atomic E-state index is 12.7. The molecule has 0 saturated carbocycles. The van der Waals surface area contributed by atoms with Crippen molar-refractivity contribution < 1.29 is 14.3 Å². The summed E-state index contributed by atoms with van der Waals surface area (Å²) in [7, 11) is 0. The fourth-order valence-electron chi connectivity index (χ4n) is 2.71. The lowest BCUT2D eigenvalue weighted by atomic mass is 10.1. The van der Waals surface area contributed by atoms with E-state index >= 15 is 0 Å². The largest absolute Gasteiger partial charge is 0.444 e. The first-order valence-electron chi connectivity index (χ1n) is 9.02. The third-order valence-electron chi connectivity index (χ3n) is 4.07. The molecule has 0 spiro atoms. The van der Waals surface area contributed by atoms with Crippen LogP contribution < -0.4 is 16.4 Å². The van der Waals surface area contributed by atoms with Gasteiger partial charge in [-0.15, -0.1) is 0 Å². The van der Waals surface area contributed by atoms with Crippen LogP contribution in [-0.4, -0.2) is 12.0 Å². The van der Waals surface area contributed by atoms with Crippen molar-refractivity contribution in [3.05, 3.63) is 92.9 Å². The molecule has 30 heavy (non-hydrogen) atoms. The van der Waals surface area contributed by atoms with E-state index in [9.17, 15) is 9.59 Å². The van der Waals surface area contributed by atoms with E-state index in [0.29, 0.717) is 22.9 Å². The van der Waals surface area contributed by atoms with Gasteiger partial charge in [0.15, 0.2) is 0 Å². The zero-order valence-corrected chi connectivity index (χ0v) is 18.2. The molecule has 6 nitrogen and oxygen atoms in total. The van der Waals surface area contributed by atoms with Crippen molar-refractivity contribution in [2.75, 3.05) is 10.6 Å². The summed E-state index contributed by atoms with van der Waals surface area (Å²) in [5.41, 5.74) is 8.64. The van der Waals surface area contributed by atoms with Crippen LogP contribution in [0.2, 0.25) is 5.02 Å². The number of carbonyl (C=O) groups is 2. The van der Waals surface area contributed by atoms with Gasteiger partial charge >= 0.3 is 6.09 Å². The van der Waals surface area contributed by atoms with Crippen molar-refractivity contribution >= 4 is 50.9 Å². The number of halogens is 2. The monoisotopic (exact) mass is 487 g/mol. The average molecular weight is 489 g/mol. The number of ether oxygens (including phenoxy) is 1. The number of benzene rings is 3. The summed E-state index contributed by atoms with van der Waals surface area (Å²) in [4.78, 5) is 24.7. The number of rotatable bonds is 6. The van der Waals surface area contributed by atoms with Crippen LogP contribution >= 0.6 is 27.5 Å². The first kappa shape index (κ1) is 21.8. The molecule has 0 radical (unpaired) electrons. The molecule has 0 aliphatic rings. The van der Waals surface area contributed by atoms with Crippen LogP contribution in [0, 0.1) is 0 Å². The molecule has 0 aliphatic carbocycles. The second kappa shape index (κ2) is 10.2. The van der Waals surface area contributed by atoms with Crippen molar-refractivity contribution in [3.8, 4) is 0 Å². The van der Waals surface area contributed by atoms with E-state index in [4.69, 9.17) is 22.1 Å². The second-order valence-corrected chi connectivity index (χ2v) is 7.77. The summed E-state index contributed by atoms with van der Waals surface area (Å²) in [6, 6.07) is 19.3. The standard InChI is InChI=1S/C22H19BrClN3O3/c23-17-6-15(12-25)7-19(10-17)26-21(28)16-8-18(24)11-20(9-16)27-22(29)30-13-14-4-2-1-3-5-14/h1-11H,12-13,25H2,(H,26,28)(H,27,29). The highest BCUT2D eigenvalue weighted by Crippen LogP contribution is 2.23. The zero-order chi connectivity index (χ0) is 21.5. The summed E-state index contributed by atoms with van der Waals surface area (Å²) in [6.07, 6.45) is -0.646. The Labute approximate surface area is 187 Å². The van der Waals surface area contributed by atoms with E-state index in [2.05, 4.69) is 26.6 Å². The first-order chi connectivity index (χ1) is 14.4. The van der Waals surface area contributed by atoms with Crippen LogP contribution in [0.25, 0.3) is 0 Å². The Bertz CT molecular complexity index is 1060. The van der Waals surface area contributed by atoms with Crippen molar-refractivity contribution in [1.82, 2.24) is 0 Å². The van der Waals surface area contributed by atoms with Gasteiger partial charge in [-0.25, -0.2) is 4.79 Å². The Kier molecular flexibility index (Phi) is 7.46. The van der Waals surface area contributed by atoms with Crippen LogP contribution in [0.5, 0.6) is 0 Å². The molecule has 4 N–H and O–H groups in total. The highest BCUT2D eigenvalue weighted by atomic mass is 79.9. The van der Waals surface area contributed by atoms with Gasteiger partial charge in [0.2, 0.25) is 0 Å². The van der Waals surface area contributed by atoms with Crippen LogP contribution in [-0.2, 0) is 17.9 Å². The van der Waals surface area contributed by atoms with E-state index < -0.39 is 6.09 Å². The molecular weight excluding hydrogens is 470 g/mol. The minimum Gasteiger partial charge on any atom is -0.444 e. The topological polar surface area (TPSA) is 93.5 Å². The molecule has 0 fully saturated rings. The molecule has 8 heteroatoms. The zero-order valence-electron chi connectivity index (χ0n) is 15.8. The molecule has 0 unspecified atom stereocenters. The Morgan fingerprint density at radius 2 is 1.67 bits per heavy atom. The predicted molar refractivity (Wildman–Crippen MR) is 122 cm³/mol. The summed E-state index contributed by atoms with van der Waals surface area (Å²) in [6.45, 7) is 0.478. The molecule has 3 rings (SSSR count). The lowest BCUT2D eigenvalue weighted by Gasteiger charge is -2.11. The number of carbonyl (C=O) groups excluding carboxylic acids is 2. The van der Waals surface area contributed by atoms with Gasteiger partial charge in [-0.1, -0.05) is 57.9 Å². The van der Waals surface area contributed by atoms with E-state index in [1.165, 1.54) is 18.2 Å². The van der Waals surface area contributed by atoms with Crippen LogP contribution in [0.1, 0.15) is 21.5 Å². The predicted octanol–water partition coefficient (Wildman–Crippen LogP) is 5.56. The van der Waals surface area contributed by atoms with Gasteiger partial charge in [-0.3, -0.25) is 10.1 Å². The van der Waals surface area contributed by atoms with Crippen LogP contribution in [0.4, 0.5) is 16.2 Å². The fraction of sp³-hybridized carbons (Fsp3) is 0.0909. The Hall–Kier alpha value is -2.87. The quantitative estimate of drug-likeness (QED) is 0.423. The normalized spacial score (nSPS) is 10.4. The number of nitrogens with two attached hydrogens (primary N) is 1. The molecule has 0 bridgehead atoms. The van der Waals surface area contributed by atoms with E-state index in [-0.39, 0.29) is 18.1 Å². The molecule has 0 aliphatic heterocycles. The highest BCUT2D eigenvalue weighted by Gasteiger charge is 2.12. The Morgan fingerprint density at radius 3 is 2.40 bits per heavy atom. The second-order valence-electron chi connectivity index (χ2n) is 6.42. The molecule has 0 aromatic heterocycles. The molecule has 2 amide bonds. The molecule has 0 atom stereocenters.